The minimum absolute atomic E-state index is 0.254. The highest BCUT2D eigenvalue weighted by Gasteiger charge is 2.41. The highest BCUT2D eigenvalue weighted by molar-refractivity contribution is 5.77. The molecule has 1 fully saturated rings. The lowest BCUT2D eigenvalue weighted by atomic mass is 9.66. The second-order valence-corrected chi connectivity index (χ2v) is 7.39. The number of rotatable bonds is 7. The van der Waals surface area contributed by atoms with Crippen LogP contribution in [0.4, 0.5) is 15.9 Å². The lowest BCUT2D eigenvalue weighted by molar-refractivity contribution is -0.107. The second-order valence-electron chi connectivity index (χ2n) is 7.39. The summed E-state index contributed by atoms with van der Waals surface area (Å²) in [5.41, 5.74) is 2.61. The van der Waals surface area contributed by atoms with Crippen molar-refractivity contribution in [2.75, 3.05) is 23.8 Å². The molecule has 1 N–H and O–H groups in total. The summed E-state index contributed by atoms with van der Waals surface area (Å²) in [6, 6.07) is 14.4. The third-order valence-electron chi connectivity index (χ3n) is 5.55. The molecule has 4 rings (SSSR count). The number of nitrogens with one attached hydrogen (secondary N) is 1. The maximum Gasteiger partial charge on any atom is 0.213 e. The van der Waals surface area contributed by atoms with E-state index in [0.717, 1.165) is 36.9 Å². The third-order valence-corrected chi connectivity index (χ3v) is 5.55. The Kier molecular flexibility index (Phi) is 5.20. The van der Waals surface area contributed by atoms with Gasteiger partial charge in [-0.3, -0.25) is 9.78 Å². The number of anilines is 2. The van der Waals surface area contributed by atoms with E-state index in [1.807, 2.05) is 36.4 Å². The number of benzene rings is 1. The van der Waals surface area contributed by atoms with Gasteiger partial charge in [-0.2, -0.15) is 0 Å². The summed E-state index contributed by atoms with van der Waals surface area (Å²) in [6.45, 7) is 0.564. The fourth-order valence-corrected chi connectivity index (χ4v) is 3.66. The third kappa shape index (κ3) is 3.81. The van der Waals surface area contributed by atoms with E-state index in [-0.39, 0.29) is 11.2 Å². The molecule has 0 atom stereocenters. The summed E-state index contributed by atoms with van der Waals surface area (Å²) >= 11 is 0. The number of pyridine rings is 1. The van der Waals surface area contributed by atoms with Gasteiger partial charge in [-0.1, -0.05) is 18.6 Å². The summed E-state index contributed by atoms with van der Waals surface area (Å²) in [5.74, 6) is 0.383. The number of carbonyl (C=O) groups excluding carboxylic acids is 1. The average molecular weight is 391 g/mol. The molecule has 0 radical (unpaired) electrons. The van der Waals surface area contributed by atoms with Gasteiger partial charge in [0.25, 0.3) is 0 Å². The monoisotopic (exact) mass is 391 g/mol. The molecule has 2 aromatic heterocycles. The molecule has 0 aliphatic heterocycles. The maximum absolute atomic E-state index is 14.2. The largest absolute Gasteiger partial charge is 0.368 e. The Morgan fingerprint density at radius 2 is 2.03 bits per heavy atom. The van der Waals surface area contributed by atoms with Crippen LogP contribution in [0.15, 0.2) is 54.7 Å². The van der Waals surface area contributed by atoms with Crippen molar-refractivity contribution in [2.24, 2.45) is 0 Å². The normalized spacial score (nSPS) is 14.7. The van der Waals surface area contributed by atoms with Crippen LogP contribution in [0.1, 0.15) is 25.0 Å². The average Bonchev–Trinajstić information content (AvgIpc) is 2.74. The molecule has 1 aromatic carbocycles. The van der Waals surface area contributed by atoms with Crippen molar-refractivity contribution in [3.05, 3.63) is 66.2 Å². The Morgan fingerprint density at radius 3 is 2.69 bits per heavy atom. The molecule has 148 valence electrons. The summed E-state index contributed by atoms with van der Waals surface area (Å²) in [6.07, 6.45) is 5.27. The molecule has 2 heterocycles. The van der Waals surface area contributed by atoms with E-state index in [9.17, 15) is 9.18 Å². The maximum atomic E-state index is 14.2. The number of halogens is 1. The first-order valence-corrected chi connectivity index (χ1v) is 9.58. The predicted molar refractivity (Wildman–Crippen MR) is 110 cm³/mol. The molecule has 1 amide bonds. The van der Waals surface area contributed by atoms with Gasteiger partial charge in [-0.25, -0.2) is 4.39 Å². The van der Waals surface area contributed by atoms with Crippen molar-refractivity contribution in [2.45, 2.75) is 24.7 Å². The summed E-state index contributed by atoms with van der Waals surface area (Å²) in [5, 5.41) is 11.9. The van der Waals surface area contributed by atoms with Crippen LogP contribution in [0.5, 0.6) is 0 Å². The highest BCUT2D eigenvalue weighted by Crippen LogP contribution is 2.43. The molecule has 0 spiro atoms. The zero-order chi connectivity index (χ0) is 20.3. The molecule has 3 aromatic rings. The van der Waals surface area contributed by atoms with Crippen molar-refractivity contribution in [1.29, 1.82) is 0 Å². The number of nitrogens with zero attached hydrogens (tertiary/aromatic N) is 4. The zero-order valence-electron chi connectivity index (χ0n) is 16.2. The van der Waals surface area contributed by atoms with E-state index in [1.165, 1.54) is 11.0 Å². The number of amides is 1. The van der Waals surface area contributed by atoms with E-state index < -0.39 is 0 Å². The Morgan fingerprint density at radius 1 is 1.17 bits per heavy atom. The van der Waals surface area contributed by atoms with Crippen LogP contribution in [0.25, 0.3) is 11.3 Å². The number of hydrogen-bond donors (Lipinski definition) is 1. The standard InChI is InChI=1S/C22H22FN5O/c1-28(15-29)17-6-2-5-16(13-17)19-8-9-20(27-26-19)25-14-22(10-4-11-22)21-18(23)7-3-12-24-21/h2-3,5-9,12-13,15H,4,10-11,14H2,1H3,(H,25,27). The Balaban J connectivity index is 1.48. The summed E-state index contributed by atoms with van der Waals surface area (Å²) in [4.78, 5) is 16.8. The van der Waals surface area contributed by atoms with Crippen molar-refractivity contribution in [3.63, 3.8) is 0 Å². The lowest BCUT2D eigenvalue weighted by Crippen LogP contribution is -2.42. The minimum Gasteiger partial charge on any atom is -0.368 e. The SMILES string of the molecule is CN(C=O)c1cccc(-c2ccc(NCC3(c4ncccc4F)CCC3)nn2)c1. The molecule has 29 heavy (non-hydrogen) atoms. The Bertz CT molecular complexity index is 1000. The molecule has 0 saturated heterocycles. The van der Waals surface area contributed by atoms with Gasteiger partial charge in [0.15, 0.2) is 0 Å². The van der Waals surface area contributed by atoms with E-state index in [0.29, 0.717) is 23.8 Å². The first kappa shape index (κ1) is 19.0. The summed E-state index contributed by atoms with van der Waals surface area (Å²) in [7, 11) is 1.70. The molecule has 0 unspecified atom stereocenters. The molecule has 6 nitrogen and oxygen atoms in total. The molecule has 1 aliphatic rings. The van der Waals surface area contributed by atoms with Gasteiger partial charge in [0, 0.05) is 36.5 Å². The molecule has 1 saturated carbocycles. The van der Waals surface area contributed by atoms with Crippen LogP contribution in [0, 0.1) is 5.82 Å². The molecule has 0 bridgehead atoms. The second kappa shape index (κ2) is 7.95. The number of aromatic nitrogens is 3. The predicted octanol–water partition coefficient (Wildman–Crippen LogP) is 3.80. The van der Waals surface area contributed by atoms with Crippen LogP contribution in [0.2, 0.25) is 0 Å². The summed E-state index contributed by atoms with van der Waals surface area (Å²) < 4.78 is 14.2. The fraction of sp³-hybridized carbons (Fsp3) is 0.273. The number of hydrogen-bond acceptors (Lipinski definition) is 5. The van der Waals surface area contributed by atoms with Gasteiger partial charge in [0.1, 0.15) is 11.6 Å². The lowest BCUT2D eigenvalue weighted by Gasteiger charge is -2.41. The molecular formula is C22H22FN5O. The molecular weight excluding hydrogens is 369 g/mol. The van der Waals surface area contributed by atoms with Gasteiger partial charge in [-0.15, -0.1) is 10.2 Å². The number of carbonyl (C=O) groups is 1. The van der Waals surface area contributed by atoms with E-state index in [1.54, 1.807) is 19.3 Å². The van der Waals surface area contributed by atoms with Crippen molar-refractivity contribution in [3.8, 4) is 11.3 Å². The fourth-order valence-electron chi connectivity index (χ4n) is 3.66. The van der Waals surface area contributed by atoms with Crippen LogP contribution in [0.3, 0.4) is 0 Å². The minimum atomic E-state index is -0.292. The van der Waals surface area contributed by atoms with Crippen molar-refractivity contribution < 1.29 is 9.18 Å². The van der Waals surface area contributed by atoms with Gasteiger partial charge in [-0.05, 0) is 49.2 Å². The van der Waals surface area contributed by atoms with Gasteiger partial charge in [0.05, 0.1) is 11.4 Å². The molecule has 7 heteroatoms. The van der Waals surface area contributed by atoms with E-state index in [4.69, 9.17) is 0 Å². The van der Waals surface area contributed by atoms with Crippen molar-refractivity contribution in [1.82, 2.24) is 15.2 Å². The Labute approximate surface area is 168 Å². The van der Waals surface area contributed by atoms with Crippen LogP contribution in [-0.4, -0.2) is 35.2 Å². The molecule has 1 aliphatic carbocycles. The van der Waals surface area contributed by atoms with Crippen molar-refractivity contribution >= 4 is 17.9 Å². The van der Waals surface area contributed by atoms with Gasteiger partial charge < -0.3 is 10.2 Å². The van der Waals surface area contributed by atoms with Crippen LogP contribution < -0.4 is 10.2 Å². The van der Waals surface area contributed by atoms with Crippen LogP contribution in [-0.2, 0) is 10.2 Å². The first-order valence-electron chi connectivity index (χ1n) is 9.58. The first-order chi connectivity index (χ1) is 14.1. The quantitative estimate of drug-likeness (QED) is 0.620. The highest BCUT2D eigenvalue weighted by atomic mass is 19.1. The van der Waals surface area contributed by atoms with Gasteiger partial charge in [0.2, 0.25) is 6.41 Å². The topological polar surface area (TPSA) is 71.0 Å². The Hall–Kier alpha value is -3.35. The zero-order valence-corrected chi connectivity index (χ0v) is 16.2. The van der Waals surface area contributed by atoms with E-state index >= 15 is 0 Å². The van der Waals surface area contributed by atoms with E-state index in [2.05, 4.69) is 20.5 Å². The van der Waals surface area contributed by atoms with Gasteiger partial charge >= 0.3 is 0 Å². The van der Waals surface area contributed by atoms with Crippen LogP contribution >= 0.6 is 0 Å². The smallest absolute Gasteiger partial charge is 0.213 e.